The van der Waals surface area contributed by atoms with Crippen LogP contribution >= 0.6 is 0 Å². The first-order chi connectivity index (χ1) is 19.0. The molecule has 0 radical (unpaired) electrons. The van der Waals surface area contributed by atoms with Crippen LogP contribution in [0.25, 0.3) is 0 Å². The fourth-order valence-corrected chi connectivity index (χ4v) is 5.96. The molecule has 0 rings (SSSR count). The zero-order chi connectivity index (χ0) is 30.2. The second kappa shape index (κ2) is 25.9. The molecular weight excluding hydrogens is 480 g/mol. The maximum absolute atomic E-state index is 2.49. The summed E-state index contributed by atoms with van der Waals surface area (Å²) in [5, 5.41) is 0. The van der Waals surface area contributed by atoms with Gasteiger partial charge in [0.05, 0.1) is 0 Å². The average Bonchev–Trinajstić information content (AvgIpc) is 2.86. The summed E-state index contributed by atoms with van der Waals surface area (Å²) in [6.07, 6.45) is 34.3. The molecular formula is C40H76. The molecule has 0 saturated heterocycles. The van der Waals surface area contributed by atoms with E-state index in [9.17, 15) is 0 Å². The summed E-state index contributed by atoms with van der Waals surface area (Å²) >= 11 is 0. The fraction of sp³-hybridized carbons (Fsp3) is 0.850. The Balaban J connectivity index is 3.91. The van der Waals surface area contributed by atoms with Crippen molar-refractivity contribution in [2.75, 3.05) is 0 Å². The van der Waals surface area contributed by atoms with Crippen molar-refractivity contribution in [1.82, 2.24) is 0 Å². The van der Waals surface area contributed by atoms with Crippen molar-refractivity contribution < 1.29 is 0 Å². The normalized spacial score (nSPS) is 16.3. The van der Waals surface area contributed by atoms with Crippen molar-refractivity contribution in [1.29, 1.82) is 0 Å². The highest BCUT2D eigenvalue weighted by Gasteiger charge is 2.07. The van der Waals surface area contributed by atoms with Gasteiger partial charge in [-0.1, -0.05) is 174 Å². The Bertz CT molecular complexity index is 645. The van der Waals surface area contributed by atoms with Crippen LogP contribution in [0.4, 0.5) is 0 Å². The molecule has 0 aromatic carbocycles. The monoisotopic (exact) mass is 557 g/mol. The summed E-state index contributed by atoms with van der Waals surface area (Å²) in [7, 11) is 0. The van der Waals surface area contributed by atoms with Crippen LogP contribution in [0.5, 0.6) is 0 Å². The van der Waals surface area contributed by atoms with Crippen molar-refractivity contribution in [2.24, 2.45) is 35.5 Å². The molecule has 0 N–H and O–H groups in total. The lowest BCUT2D eigenvalue weighted by atomic mass is 9.91. The van der Waals surface area contributed by atoms with Gasteiger partial charge in [-0.3, -0.25) is 0 Å². The topological polar surface area (TPSA) is 0 Å². The molecule has 0 bridgehead atoms. The van der Waals surface area contributed by atoms with Crippen LogP contribution in [0.2, 0.25) is 0 Å². The van der Waals surface area contributed by atoms with E-state index in [1.165, 1.54) is 121 Å². The second-order valence-corrected chi connectivity index (χ2v) is 15.0. The van der Waals surface area contributed by atoms with E-state index in [1.54, 1.807) is 5.57 Å². The molecule has 0 heteroatoms. The van der Waals surface area contributed by atoms with E-state index >= 15 is 0 Å². The van der Waals surface area contributed by atoms with Gasteiger partial charge < -0.3 is 0 Å². The van der Waals surface area contributed by atoms with Gasteiger partial charge in [-0.2, -0.15) is 0 Å². The lowest BCUT2D eigenvalue weighted by molar-refractivity contribution is 0.389. The first kappa shape index (κ1) is 39.2. The minimum absolute atomic E-state index is 0.809. The summed E-state index contributed by atoms with van der Waals surface area (Å²) in [4.78, 5) is 0. The number of rotatable bonds is 26. The third-order valence-electron chi connectivity index (χ3n) is 9.06. The quantitative estimate of drug-likeness (QED) is 0.0564. The lowest BCUT2D eigenvalue weighted by Gasteiger charge is -2.15. The van der Waals surface area contributed by atoms with Gasteiger partial charge in [0, 0.05) is 0 Å². The van der Waals surface area contributed by atoms with Crippen LogP contribution in [0.1, 0.15) is 185 Å². The lowest BCUT2D eigenvalue weighted by Crippen LogP contribution is -2.00. The van der Waals surface area contributed by atoms with Gasteiger partial charge >= 0.3 is 0 Å². The molecule has 0 fully saturated rings. The Morgan fingerprint density at radius 2 is 0.875 bits per heavy atom. The predicted octanol–water partition coefficient (Wildman–Crippen LogP) is 14.3. The van der Waals surface area contributed by atoms with Gasteiger partial charge in [0.2, 0.25) is 0 Å². The molecule has 4 atom stereocenters. The van der Waals surface area contributed by atoms with Crippen LogP contribution in [-0.4, -0.2) is 0 Å². The van der Waals surface area contributed by atoms with Crippen LogP contribution in [0.3, 0.4) is 0 Å². The minimum atomic E-state index is 0.809. The first-order valence-electron chi connectivity index (χ1n) is 18.0. The van der Waals surface area contributed by atoms with Crippen LogP contribution in [0.15, 0.2) is 35.5 Å². The number of allylic oxidation sites excluding steroid dienone is 6. The highest BCUT2D eigenvalue weighted by atomic mass is 14.1. The molecule has 0 spiro atoms. The molecule has 0 aliphatic carbocycles. The largest absolute Gasteiger partial charge is 0.0853 e. The molecule has 236 valence electrons. The van der Waals surface area contributed by atoms with E-state index in [1.807, 2.05) is 0 Å². The van der Waals surface area contributed by atoms with E-state index in [4.69, 9.17) is 0 Å². The van der Waals surface area contributed by atoms with Crippen molar-refractivity contribution in [2.45, 2.75) is 185 Å². The van der Waals surface area contributed by atoms with Gasteiger partial charge in [-0.15, -0.1) is 0 Å². The van der Waals surface area contributed by atoms with Crippen LogP contribution in [0, 0.1) is 35.5 Å². The molecule has 0 heterocycles. The molecule has 0 aromatic rings. The van der Waals surface area contributed by atoms with Gasteiger partial charge in [0.15, 0.2) is 0 Å². The summed E-state index contributed by atoms with van der Waals surface area (Å²) in [6, 6.07) is 0. The zero-order valence-electron chi connectivity index (χ0n) is 29.5. The minimum Gasteiger partial charge on any atom is -0.0853 e. The van der Waals surface area contributed by atoms with Crippen LogP contribution < -0.4 is 0 Å². The number of hydrogen-bond acceptors (Lipinski definition) is 0. The molecule has 0 unspecified atom stereocenters. The van der Waals surface area contributed by atoms with Crippen molar-refractivity contribution in [3.63, 3.8) is 0 Å². The molecule has 40 heavy (non-hydrogen) atoms. The Hall–Kier alpha value is -0.780. The second-order valence-electron chi connectivity index (χ2n) is 15.0. The van der Waals surface area contributed by atoms with Crippen molar-refractivity contribution in [3.05, 3.63) is 35.5 Å². The van der Waals surface area contributed by atoms with Crippen LogP contribution in [-0.2, 0) is 0 Å². The molecule has 0 saturated carbocycles. The predicted molar refractivity (Wildman–Crippen MR) is 186 cm³/mol. The third-order valence-corrected chi connectivity index (χ3v) is 9.06. The van der Waals surface area contributed by atoms with Gasteiger partial charge in [0.1, 0.15) is 0 Å². The van der Waals surface area contributed by atoms with E-state index in [0.717, 1.165) is 35.5 Å². The zero-order valence-corrected chi connectivity index (χ0v) is 29.5. The van der Waals surface area contributed by atoms with Gasteiger partial charge in [-0.25, -0.2) is 0 Å². The third kappa shape index (κ3) is 27.4. The fourth-order valence-electron chi connectivity index (χ4n) is 5.96. The van der Waals surface area contributed by atoms with Gasteiger partial charge in [-0.05, 0) is 81.5 Å². The highest BCUT2D eigenvalue weighted by Crippen LogP contribution is 2.23. The van der Waals surface area contributed by atoms with E-state index in [2.05, 4.69) is 93.5 Å². The van der Waals surface area contributed by atoms with Crippen molar-refractivity contribution in [3.8, 4) is 0 Å². The SMILES string of the molecule is CC(/C=C/C[C@@H](C)CCC[C@@H](C)CCCC(C)C)=C\CC/C=C(\C)CCC[C@@H](C)CCC[C@H](C)CCCC(C)C. The van der Waals surface area contributed by atoms with Gasteiger partial charge in [0.25, 0.3) is 0 Å². The molecule has 0 aliphatic heterocycles. The highest BCUT2D eigenvalue weighted by molar-refractivity contribution is 5.16. The number of hydrogen-bond donors (Lipinski definition) is 0. The van der Waals surface area contributed by atoms with Crippen molar-refractivity contribution >= 4 is 0 Å². The Morgan fingerprint density at radius 1 is 0.475 bits per heavy atom. The van der Waals surface area contributed by atoms with E-state index in [-0.39, 0.29) is 0 Å². The maximum Gasteiger partial charge on any atom is -0.0310 e. The van der Waals surface area contributed by atoms with E-state index in [0.29, 0.717) is 0 Å². The summed E-state index contributed by atoms with van der Waals surface area (Å²) in [6.45, 7) is 23.8. The Morgan fingerprint density at radius 3 is 1.35 bits per heavy atom. The smallest absolute Gasteiger partial charge is 0.0310 e. The Kier molecular flexibility index (Phi) is 25.4. The molecule has 0 amide bonds. The number of unbranched alkanes of at least 4 members (excludes halogenated alkanes) is 1. The first-order valence-corrected chi connectivity index (χ1v) is 18.0. The standard InChI is InChI=1S/C40H76/c1-33(2)19-13-23-37(7)27-17-31-39(9)29-15-25-35(5)21-11-12-22-36(6)26-16-30-40(10)32-18-28-38(8)24-14-20-34(3)4/h15,21-22,25,33-34,37-40H,11-14,16-20,23-24,26-32H2,1-10H3/b25-15+,35-21+,36-22+/t37-,38+,39+,40+/m0/s1. The summed E-state index contributed by atoms with van der Waals surface area (Å²) in [5.74, 6) is 5.24. The maximum atomic E-state index is 2.49. The summed E-state index contributed by atoms with van der Waals surface area (Å²) < 4.78 is 0. The van der Waals surface area contributed by atoms with E-state index < -0.39 is 0 Å². The Labute approximate surface area is 255 Å². The molecule has 0 nitrogen and oxygen atoms in total. The average molecular weight is 557 g/mol. The molecule has 0 aliphatic rings. The summed E-state index contributed by atoms with van der Waals surface area (Å²) in [5.41, 5.74) is 3.02. The molecule has 0 aromatic heterocycles.